The van der Waals surface area contributed by atoms with Gasteiger partial charge in [0.1, 0.15) is 12.0 Å². The SMILES string of the molecule is Cc1ccc(C)c(Nc2ncnc(NC(C)c3ccccc3)c2N)c1. The molecule has 5 nitrogen and oxygen atoms in total. The van der Waals surface area contributed by atoms with E-state index in [-0.39, 0.29) is 6.04 Å². The Balaban J connectivity index is 1.84. The van der Waals surface area contributed by atoms with E-state index in [4.69, 9.17) is 5.73 Å². The van der Waals surface area contributed by atoms with Gasteiger partial charge in [-0.25, -0.2) is 9.97 Å². The first-order chi connectivity index (χ1) is 12.0. The summed E-state index contributed by atoms with van der Waals surface area (Å²) in [5, 5.41) is 6.68. The van der Waals surface area contributed by atoms with Crippen LogP contribution in [-0.2, 0) is 0 Å². The number of benzene rings is 2. The minimum absolute atomic E-state index is 0.0898. The van der Waals surface area contributed by atoms with E-state index in [2.05, 4.69) is 71.7 Å². The first kappa shape index (κ1) is 16.8. The summed E-state index contributed by atoms with van der Waals surface area (Å²) in [6.45, 7) is 6.19. The Morgan fingerprint density at radius 3 is 2.44 bits per heavy atom. The van der Waals surface area contributed by atoms with Crippen molar-refractivity contribution in [2.45, 2.75) is 26.8 Å². The molecule has 25 heavy (non-hydrogen) atoms. The molecule has 0 fully saturated rings. The van der Waals surface area contributed by atoms with Gasteiger partial charge in [0.05, 0.1) is 6.04 Å². The van der Waals surface area contributed by atoms with Crippen molar-refractivity contribution in [2.75, 3.05) is 16.4 Å². The zero-order valence-electron chi connectivity index (χ0n) is 14.7. The largest absolute Gasteiger partial charge is 0.393 e. The van der Waals surface area contributed by atoms with Crippen LogP contribution < -0.4 is 16.4 Å². The number of nitrogens with two attached hydrogens (primary N) is 1. The smallest absolute Gasteiger partial charge is 0.159 e. The van der Waals surface area contributed by atoms with Crippen LogP contribution in [0, 0.1) is 13.8 Å². The third-order valence-electron chi connectivity index (χ3n) is 4.18. The lowest BCUT2D eigenvalue weighted by molar-refractivity contribution is 0.873. The number of aromatic nitrogens is 2. The van der Waals surface area contributed by atoms with E-state index in [9.17, 15) is 0 Å². The highest BCUT2D eigenvalue weighted by Crippen LogP contribution is 2.29. The summed E-state index contributed by atoms with van der Waals surface area (Å²) in [6, 6.07) is 16.5. The van der Waals surface area contributed by atoms with Crippen LogP contribution in [0.15, 0.2) is 54.9 Å². The van der Waals surface area contributed by atoms with Crippen molar-refractivity contribution in [3.05, 3.63) is 71.5 Å². The molecule has 0 saturated carbocycles. The molecule has 0 aliphatic carbocycles. The minimum atomic E-state index is 0.0898. The maximum atomic E-state index is 6.30. The van der Waals surface area contributed by atoms with E-state index < -0.39 is 0 Å². The lowest BCUT2D eigenvalue weighted by atomic mass is 10.1. The fourth-order valence-corrected chi connectivity index (χ4v) is 2.64. The van der Waals surface area contributed by atoms with Crippen molar-refractivity contribution in [1.29, 1.82) is 0 Å². The van der Waals surface area contributed by atoms with Gasteiger partial charge >= 0.3 is 0 Å². The Kier molecular flexibility index (Phi) is 4.84. The van der Waals surface area contributed by atoms with Gasteiger partial charge in [-0.05, 0) is 43.5 Å². The van der Waals surface area contributed by atoms with Crippen molar-refractivity contribution in [3.8, 4) is 0 Å². The normalized spacial score (nSPS) is 11.8. The minimum Gasteiger partial charge on any atom is -0.393 e. The molecule has 0 bridgehead atoms. The van der Waals surface area contributed by atoms with E-state index in [0.717, 1.165) is 11.3 Å². The van der Waals surface area contributed by atoms with E-state index in [1.54, 1.807) is 0 Å². The van der Waals surface area contributed by atoms with E-state index in [1.165, 1.54) is 17.5 Å². The van der Waals surface area contributed by atoms with Gasteiger partial charge in [0, 0.05) is 5.69 Å². The lowest BCUT2D eigenvalue weighted by Crippen LogP contribution is -2.11. The molecule has 0 saturated heterocycles. The Morgan fingerprint density at radius 1 is 0.960 bits per heavy atom. The Morgan fingerprint density at radius 2 is 1.68 bits per heavy atom. The molecule has 2 aromatic carbocycles. The first-order valence-corrected chi connectivity index (χ1v) is 8.31. The Bertz CT molecular complexity index is 861. The zero-order chi connectivity index (χ0) is 17.8. The van der Waals surface area contributed by atoms with E-state index in [0.29, 0.717) is 17.3 Å². The Labute approximate surface area is 148 Å². The average Bonchev–Trinajstić information content (AvgIpc) is 2.62. The second-order valence-corrected chi connectivity index (χ2v) is 6.20. The van der Waals surface area contributed by atoms with Crippen LogP contribution in [0.1, 0.15) is 29.7 Å². The third kappa shape index (κ3) is 3.88. The number of nitrogens with one attached hydrogen (secondary N) is 2. The highest BCUT2D eigenvalue weighted by Gasteiger charge is 2.12. The van der Waals surface area contributed by atoms with Crippen molar-refractivity contribution < 1.29 is 0 Å². The molecule has 3 aromatic rings. The van der Waals surface area contributed by atoms with Gasteiger partial charge in [0.25, 0.3) is 0 Å². The van der Waals surface area contributed by atoms with Gasteiger partial charge in [-0.2, -0.15) is 0 Å². The molecule has 3 rings (SSSR count). The maximum absolute atomic E-state index is 6.30. The first-order valence-electron chi connectivity index (χ1n) is 8.31. The van der Waals surface area contributed by atoms with Crippen molar-refractivity contribution >= 4 is 23.0 Å². The molecule has 128 valence electrons. The summed E-state index contributed by atoms with van der Waals surface area (Å²) >= 11 is 0. The van der Waals surface area contributed by atoms with Gasteiger partial charge in [-0.1, -0.05) is 42.5 Å². The number of nitrogens with zero attached hydrogens (tertiary/aromatic N) is 2. The fourth-order valence-electron chi connectivity index (χ4n) is 2.64. The van der Waals surface area contributed by atoms with E-state index in [1.807, 2.05) is 18.2 Å². The predicted molar refractivity (Wildman–Crippen MR) is 104 cm³/mol. The monoisotopic (exact) mass is 333 g/mol. The highest BCUT2D eigenvalue weighted by atomic mass is 15.1. The second-order valence-electron chi connectivity index (χ2n) is 6.20. The van der Waals surface area contributed by atoms with Crippen molar-refractivity contribution in [2.24, 2.45) is 0 Å². The molecular weight excluding hydrogens is 310 g/mol. The second kappa shape index (κ2) is 7.21. The van der Waals surface area contributed by atoms with Crippen LogP contribution in [0.4, 0.5) is 23.0 Å². The fraction of sp³-hybridized carbons (Fsp3) is 0.200. The van der Waals surface area contributed by atoms with Gasteiger partial charge in [0.2, 0.25) is 0 Å². The number of nitrogen functional groups attached to an aromatic ring is 1. The number of aryl methyl sites for hydroxylation is 2. The Hall–Kier alpha value is -3.08. The molecular formula is C20H23N5. The average molecular weight is 333 g/mol. The number of anilines is 4. The number of hydrogen-bond acceptors (Lipinski definition) is 5. The molecule has 0 spiro atoms. The molecule has 1 aromatic heterocycles. The van der Waals surface area contributed by atoms with Crippen LogP contribution in [0.5, 0.6) is 0 Å². The van der Waals surface area contributed by atoms with Gasteiger partial charge < -0.3 is 16.4 Å². The van der Waals surface area contributed by atoms with Gasteiger partial charge in [0.15, 0.2) is 11.6 Å². The summed E-state index contributed by atoms with van der Waals surface area (Å²) in [5.41, 5.74) is 11.3. The third-order valence-corrected chi connectivity index (χ3v) is 4.18. The predicted octanol–water partition coefficient (Wildman–Crippen LogP) is 4.59. The summed E-state index contributed by atoms with van der Waals surface area (Å²) in [7, 11) is 0. The molecule has 0 aliphatic rings. The van der Waals surface area contributed by atoms with Crippen molar-refractivity contribution in [1.82, 2.24) is 9.97 Å². The quantitative estimate of drug-likeness (QED) is 0.636. The molecule has 0 radical (unpaired) electrons. The molecule has 1 atom stereocenters. The van der Waals surface area contributed by atoms with E-state index >= 15 is 0 Å². The maximum Gasteiger partial charge on any atom is 0.159 e. The molecule has 4 N–H and O–H groups in total. The van der Waals surface area contributed by atoms with Crippen molar-refractivity contribution in [3.63, 3.8) is 0 Å². The summed E-state index contributed by atoms with van der Waals surface area (Å²) in [6.07, 6.45) is 1.52. The lowest BCUT2D eigenvalue weighted by Gasteiger charge is -2.18. The molecule has 0 amide bonds. The summed E-state index contributed by atoms with van der Waals surface area (Å²) < 4.78 is 0. The summed E-state index contributed by atoms with van der Waals surface area (Å²) in [4.78, 5) is 8.60. The van der Waals surface area contributed by atoms with Crippen LogP contribution in [-0.4, -0.2) is 9.97 Å². The van der Waals surface area contributed by atoms with Gasteiger partial charge in [-0.15, -0.1) is 0 Å². The number of rotatable bonds is 5. The topological polar surface area (TPSA) is 75.9 Å². The van der Waals surface area contributed by atoms with Crippen LogP contribution in [0.3, 0.4) is 0 Å². The molecule has 1 heterocycles. The van der Waals surface area contributed by atoms with Crippen LogP contribution >= 0.6 is 0 Å². The molecule has 5 heteroatoms. The highest BCUT2D eigenvalue weighted by molar-refractivity contribution is 5.78. The zero-order valence-corrected chi connectivity index (χ0v) is 14.7. The van der Waals surface area contributed by atoms with Crippen LogP contribution in [0.25, 0.3) is 0 Å². The summed E-state index contributed by atoms with van der Waals surface area (Å²) in [5.74, 6) is 1.23. The molecule has 1 unspecified atom stereocenters. The van der Waals surface area contributed by atoms with Gasteiger partial charge in [-0.3, -0.25) is 0 Å². The van der Waals surface area contributed by atoms with Crippen LogP contribution in [0.2, 0.25) is 0 Å². The number of hydrogen-bond donors (Lipinski definition) is 3. The molecule has 0 aliphatic heterocycles. The standard InChI is InChI=1S/C20H23N5/c1-13-9-10-14(2)17(11-13)25-20-18(21)19(22-12-23-20)24-15(3)16-7-5-4-6-8-16/h4-12,15H,21H2,1-3H3,(H2,22,23,24,25).